The number of halogens is 3. The summed E-state index contributed by atoms with van der Waals surface area (Å²) in [7, 11) is 0. The molecule has 1 aromatic heterocycles. The monoisotopic (exact) mass is 349 g/mol. The average Bonchev–Trinajstić information content (AvgIpc) is 3.01. The van der Waals surface area contributed by atoms with Crippen molar-refractivity contribution in [1.29, 1.82) is 0 Å². The van der Waals surface area contributed by atoms with Crippen LogP contribution in [0.15, 0.2) is 59.0 Å². The van der Waals surface area contributed by atoms with E-state index in [9.17, 15) is 9.18 Å². The van der Waals surface area contributed by atoms with Crippen LogP contribution in [-0.4, -0.2) is 5.91 Å². The van der Waals surface area contributed by atoms with E-state index in [0.717, 1.165) is 0 Å². The Labute approximate surface area is 141 Å². The van der Waals surface area contributed by atoms with Gasteiger partial charge < -0.3 is 9.73 Å². The van der Waals surface area contributed by atoms with Crippen LogP contribution >= 0.6 is 23.2 Å². The maximum Gasteiger partial charge on any atom is 0.291 e. The van der Waals surface area contributed by atoms with Crippen LogP contribution in [0, 0.1) is 5.82 Å². The topological polar surface area (TPSA) is 42.2 Å². The maximum atomic E-state index is 13.7. The average molecular weight is 350 g/mol. The Morgan fingerprint density at radius 2 is 1.83 bits per heavy atom. The first kappa shape index (κ1) is 15.6. The summed E-state index contributed by atoms with van der Waals surface area (Å²) < 4.78 is 19.2. The second kappa shape index (κ2) is 6.44. The molecule has 0 unspecified atom stereocenters. The van der Waals surface area contributed by atoms with E-state index in [1.165, 1.54) is 24.3 Å². The fourth-order valence-corrected chi connectivity index (χ4v) is 2.38. The second-order valence-electron chi connectivity index (χ2n) is 4.72. The van der Waals surface area contributed by atoms with E-state index in [0.29, 0.717) is 15.7 Å². The molecule has 1 N–H and O–H groups in total. The van der Waals surface area contributed by atoms with Gasteiger partial charge in [0.05, 0.1) is 16.3 Å². The van der Waals surface area contributed by atoms with Gasteiger partial charge in [0, 0.05) is 5.02 Å². The zero-order valence-electron chi connectivity index (χ0n) is 11.6. The van der Waals surface area contributed by atoms with Crippen molar-refractivity contribution in [2.24, 2.45) is 0 Å². The largest absolute Gasteiger partial charge is 0.451 e. The highest BCUT2D eigenvalue weighted by Gasteiger charge is 2.15. The first-order valence-electron chi connectivity index (χ1n) is 6.66. The van der Waals surface area contributed by atoms with Crippen LogP contribution in [0.2, 0.25) is 10.0 Å². The standard InChI is InChI=1S/C17H10Cl2FNO2/c18-10-5-6-12(19)14(9-10)21-17(22)16-8-7-15(23-16)11-3-1-2-4-13(11)20/h1-9H,(H,21,22). The van der Waals surface area contributed by atoms with Crippen LogP contribution in [0.25, 0.3) is 11.3 Å². The summed E-state index contributed by atoms with van der Waals surface area (Å²) in [6, 6.07) is 13.9. The molecule has 0 saturated carbocycles. The Hall–Kier alpha value is -2.30. The van der Waals surface area contributed by atoms with Gasteiger partial charge in [0.25, 0.3) is 5.91 Å². The predicted octanol–water partition coefficient (Wildman–Crippen LogP) is 5.64. The summed E-state index contributed by atoms with van der Waals surface area (Å²) in [5.74, 6) is -0.617. The van der Waals surface area contributed by atoms with Crippen molar-refractivity contribution in [3.63, 3.8) is 0 Å². The van der Waals surface area contributed by atoms with Crippen LogP contribution in [0.5, 0.6) is 0 Å². The second-order valence-corrected chi connectivity index (χ2v) is 5.57. The van der Waals surface area contributed by atoms with Crippen molar-refractivity contribution in [2.75, 3.05) is 5.32 Å². The van der Waals surface area contributed by atoms with Gasteiger partial charge in [-0.05, 0) is 42.5 Å². The fourth-order valence-electron chi connectivity index (χ4n) is 2.04. The Morgan fingerprint density at radius 1 is 1.04 bits per heavy atom. The zero-order chi connectivity index (χ0) is 16.4. The molecule has 0 fully saturated rings. The van der Waals surface area contributed by atoms with Crippen LogP contribution in [0.4, 0.5) is 10.1 Å². The number of hydrogen-bond donors (Lipinski definition) is 1. The molecular formula is C17H10Cl2FNO2. The van der Waals surface area contributed by atoms with Gasteiger partial charge in [-0.2, -0.15) is 0 Å². The van der Waals surface area contributed by atoms with Crippen molar-refractivity contribution < 1.29 is 13.6 Å². The van der Waals surface area contributed by atoms with Gasteiger partial charge in [0.1, 0.15) is 11.6 Å². The molecule has 0 atom stereocenters. The van der Waals surface area contributed by atoms with E-state index in [2.05, 4.69) is 5.32 Å². The lowest BCUT2D eigenvalue weighted by molar-refractivity contribution is 0.0997. The third kappa shape index (κ3) is 3.38. The predicted molar refractivity (Wildman–Crippen MR) is 88.5 cm³/mol. The lowest BCUT2D eigenvalue weighted by Crippen LogP contribution is -2.11. The Kier molecular flexibility index (Phi) is 4.37. The molecule has 116 valence electrons. The lowest BCUT2D eigenvalue weighted by atomic mass is 10.1. The maximum absolute atomic E-state index is 13.7. The first-order chi connectivity index (χ1) is 11.0. The van der Waals surface area contributed by atoms with E-state index in [1.807, 2.05) is 0 Å². The number of benzene rings is 2. The number of carbonyl (C=O) groups is 1. The Balaban J connectivity index is 1.84. The molecule has 0 spiro atoms. The highest BCUT2D eigenvalue weighted by atomic mass is 35.5. The number of anilines is 1. The molecule has 2 aromatic carbocycles. The highest BCUT2D eigenvalue weighted by Crippen LogP contribution is 2.28. The summed E-state index contributed by atoms with van der Waals surface area (Å²) in [6.07, 6.45) is 0. The molecule has 23 heavy (non-hydrogen) atoms. The fraction of sp³-hybridized carbons (Fsp3) is 0. The van der Waals surface area contributed by atoms with Crippen LogP contribution in [0.1, 0.15) is 10.6 Å². The number of amides is 1. The molecule has 0 aliphatic heterocycles. The van der Waals surface area contributed by atoms with Gasteiger partial charge in [-0.1, -0.05) is 35.3 Å². The highest BCUT2D eigenvalue weighted by molar-refractivity contribution is 6.35. The third-order valence-electron chi connectivity index (χ3n) is 3.15. The van der Waals surface area contributed by atoms with E-state index < -0.39 is 11.7 Å². The quantitative estimate of drug-likeness (QED) is 0.664. The van der Waals surface area contributed by atoms with Crippen LogP contribution < -0.4 is 5.32 Å². The normalized spacial score (nSPS) is 10.6. The zero-order valence-corrected chi connectivity index (χ0v) is 13.2. The third-order valence-corrected chi connectivity index (χ3v) is 3.71. The molecule has 1 heterocycles. The van der Waals surface area contributed by atoms with Gasteiger partial charge in [0.15, 0.2) is 5.76 Å². The molecule has 0 bridgehead atoms. The molecular weight excluding hydrogens is 340 g/mol. The van der Waals surface area contributed by atoms with Crippen molar-refractivity contribution in [3.05, 3.63) is 76.2 Å². The summed E-state index contributed by atoms with van der Waals surface area (Å²) in [5.41, 5.74) is 0.653. The smallest absolute Gasteiger partial charge is 0.291 e. The van der Waals surface area contributed by atoms with Gasteiger partial charge in [0.2, 0.25) is 0 Å². The van der Waals surface area contributed by atoms with E-state index >= 15 is 0 Å². The molecule has 3 aromatic rings. The summed E-state index contributed by atoms with van der Waals surface area (Å²) in [5, 5.41) is 3.40. The molecule has 3 nitrogen and oxygen atoms in total. The number of carbonyl (C=O) groups excluding carboxylic acids is 1. The van der Waals surface area contributed by atoms with E-state index in [-0.39, 0.29) is 17.1 Å². The SMILES string of the molecule is O=C(Nc1cc(Cl)ccc1Cl)c1ccc(-c2ccccc2F)o1. The molecule has 3 rings (SSSR count). The Bertz CT molecular complexity index is 877. The molecule has 0 aliphatic rings. The van der Waals surface area contributed by atoms with Gasteiger partial charge >= 0.3 is 0 Å². The van der Waals surface area contributed by atoms with Gasteiger partial charge in [-0.3, -0.25) is 4.79 Å². The molecule has 0 radical (unpaired) electrons. The van der Waals surface area contributed by atoms with Gasteiger partial charge in [-0.25, -0.2) is 4.39 Å². The molecule has 6 heteroatoms. The lowest BCUT2D eigenvalue weighted by Gasteiger charge is -2.06. The summed E-state index contributed by atoms with van der Waals surface area (Å²) in [4.78, 5) is 12.2. The summed E-state index contributed by atoms with van der Waals surface area (Å²) >= 11 is 11.9. The van der Waals surface area contributed by atoms with E-state index in [1.54, 1.807) is 30.3 Å². The number of rotatable bonds is 3. The minimum Gasteiger partial charge on any atom is -0.451 e. The minimum atomic E-state index is -0.503. The molecule has 0 aliphatic carbocycles. The van der Waals surface area contributed by atoms with Crippen molar-refractivity contribution in [1.82, 2.24) is 0 Å². The van der Waals surface area contributed by atoms with Gasteiger partial charge in [-0.15, -0.1) is 0 Å². The van der Waals surface area contributed by atoms with Crippen LogP contribution in [-0.2, 0) is 0 Å². The number of nitrogens with one attached hydrogen (secondary N) is 1. The molecule has 0 saturated heterocycles. The Morgan fingerprint density at radius 3 is 2.61 bits per heavy atom. The van der Waals surface area contributed by atoms with Crippen molar-refractivity contribution in [2.45, 2.75) is 0 Å². The summed E-state index contributed by atoms with van der Waals surface area (Å²) in [6.45, 7) is 0. The first-order valence-corrected chi connectivity index (χ1v) is 7.41. The van der Waals surface area contributed by atoms with E-state index in [4.69, 9.17) is 27.6 Å². The van der Waals surface area contributed by atoms with Crippen molar-refractivity contribution in [3.8, 4) is 11.3 Å². The number of hydrogen-bond acceptors (Lipinski definition) is 2. The molecule has 1 amide bonds. The number of furan rings is 1. The van der Waals surface area contributed by atoms with Crippen LogP contribution in [0.3, 0.4) is 0 Å². The minimum absolute atomic E-state index is 0.0410. The van der Waals surface area contributed by atoms with Crippen molar-refractivity contribution >= 4 is 34.8 Å².